The molecule has 0 atom stereocenters. The van der Waals surface area contributed by atoms with Crippen molar-refractivity contribution in [1.29, 1.82) is 0 Å². The molecule has 0 saturated heterocycles. The highest BCUT2D eigenvalue weighted by Gasteiger charge is 2.21. The van der Waals surface area contributed by atoms with E-state index < -0.39 is 20.0 Å². The number of nitrogens with one attached hydrogen (secondary N) is 3. The van der Waals surface area contributed by atoms with Crippen LogP contribution in [-0.2, 0) is 31.3 Å². The molecule has 1 amide bonds. The Hall–Kier alpha value is -3.51. The van der Waals surface area contributed by atoms with E-state index in [9.17, 15) is 21.6 Å². The summed E-state index contributed by atoms with van der Waals surface area (Å²) in [6, 6.07) is 11.5. The molecule has 4 rings (SSSR count). The van der Waals surface area contributed by atoms with Gasteiger partial charge in [-0.1, -0.05) is 0 Å². The highest BCUT2D eigenvalue weighted by Crippen LogP contribution is 2.27. The van der Waals surface area contributed by atoms with Gasteiger partial charge in [-0.2, -0.15) is 0 Å². The normalized spacial score (nSPS) is 13.7. The highest BCUT2D eigenvalue weighted by molar-refractivity contribution is 7.93. The van der Waals surface area contributed by atoms with Gasteiger partial charge in [-0.15, -0.1) is 0 Å². The molecular weight excluding hydrogens is 466 g/mol. The van der Waals surface area contributed by atoms with Crippen molar-refractivity contribution in [1.82, 2.24) is 9.97 Å². The third kappa shape index (κ3) is 5.12. The molecule has 12 heteroatoms. The Labute approximate surface area is 191 Å². The predicted molar refractivity (Wildman–Crippen MR) is 123 cm³/mol. The second-order valence-corrected chi connectivity index (χ2v) is 10.9. The Kier molecular flexibility index (Phi) is 5.80. The van der Waals surface area contributed by atoms with Crippen molar-refractivity contribution in [2.75, 3.05) is 14.8 Å². The van der Waals surface area contributed by atoms with Gasteiger partial charge in [-0.25, -0.2) is 31.5 Å². The standard InChI is InChI=1S/C21H21N5O5S2/c1-13-11-14(2)23-21(22-13)26-32(28,29)17-6-4-16(5-7-17)25-33(30,31)18-8-9-19-15(12-18)3-10-20(27)24-19/h4-9,11-12,25H,3,10H2,1-2H3,(H,24,27)(H,22,23,26). The van der Waals surface area contributed by atoms with E-state index in [2.05, 4.69) is 24.7 Å². The molecule has 0 saturated carbocycles. The SMILES string of the molecule is Cc1cc(C)nc(NS(=O)(=O)c2ccc(NS(=O)(=O)c3ccc4c(c3)CCC(=O)N4)cc2)n1. The Morgan fingerprint density at radius 3 is 2.06 bits per heavy atom. The van der Waals surface area contributed by atoms with Gasteiger partial charge >= 0.3 is 0 Å². The van der Waals surface area contributed by atoms with Crippen LogP contribution in [0.25, 0.3) is 0 Å². The summed E-state index contributed by atoms with van der Waals surface area (Å²) >= 11 is 0. The number of sulfonamides is 2. The minimum atomic E-state index is -3.96. The molecule has 3 N–H and O–H groups in total. The van der Waals surface area contributed by atoms with E-state index >= 15 is 0 Å². The van der Waals surface area contributed by atoms with Gasteiger partial charge in [0, 0.05) is 29.2 Å². The fraction of sp³-hybridized carbons (Fsp3) is 0.190. The topological polar surface area (TPSA) is 147 Å². The van der Waals surface area contributed by atoms with Crippen LogP contribution in [0.1, 0.15) is 23.4 Å². The summed E-state index contributed by atoms with van der Waals surface area (Å²) in [5, 5.41) is 2.71. The maximum atomic E-state index is 12.8. The second kappa shape index (κ2) is 8.45. The lowest BCUT2D eigenvalue weighted by molar-refractivity contribution is -0.116. The quantitative estimate of drug-likeness (QED) is 0.484. The summed E-state index contributed by atoms with van der Waals surface area (Å²) in [7, 11) is -7.88. The molecule has 1 aromatic heterocycles. The number of aryl methyl sites for hydroxylation is 3. The molecule has 0 radical (unpaired) electrons. The van der Waals surface area contributed by atoms with E-state index in [4.69, 9.17) is 0 Å². The number of hydrogen-bond donors (Lipinski definition) is 3. The maximum absolute atomic E-state index is 12.8. The Balaban J connectivity index is 1.51. The molecule has 2 heterocycles. The van der Waals surface area contributed by atoms with Crippen LogP contribution in [-0.4, -0.2) is 32.7 Å². The van der Waals surface area contributed by atoms with Crippen molar-refractivity contribution in [2.24, 2.45) is 0 Å². The van der Waals surface area contributed by atoms with Crippen molar-refractivity contribution in [3.63, 3.8) is 0 Å². The molecule has 1 aliphatic heterocycles. The smallest absolute Gasteiger partial charge is 0.264 e. The van der Waals surface area contributed by atoms with E-state index in [1.807, 2.05) is 0 Å². The van der Waals surface area contributed by atoms with Crippen molar-refractivity contribution >= 4 is 43.3 Å². The molecule has 0 bridgehead atoms. The summed E-state index contributed by atoms with van der Waals surface area (Å²) < 4.78 is 55.6. The van der Waals surface area contributed by atoms with Crippen LogP contribution in [0.4, 0.5) is 17.3 Å². The van der Waals surface area contributed by atoms with Gasteiger partial charge in [-0.05, 0) is 74.4 Å². The Bertz CT molecular complexity index is 1430. The molecule has 1 aliphatic rings. The average Bonchev–Trinajstić information content (AvgIpc) is 2.72. The molecule has 0 fully saturated rings. The van der Waals surface area contributed by atoms with E-state index in [0.717, 1.165) is 5.56 Å². The number of aromatic nitrogens is 2. The monoisotopic (exact) mass is 487 g/mol. The number of nitrogens with zero attached hydrogens (tertiary/aromatic N) is 2. The maximum Gasteiger partial charge on any atom is 0.264 e. The molecule has 2 aromatic carbocycles. The minimum absolute atomic E-state index is 0.0409. The second-order valence-electron chi connectivity index (χ2n) is 7.58. The Morgan fingerprint density at radius 2 is 1.39 bits per heavy atom. The third-order valence-electron chi connectivity index (χ3n) is 4.91. The largest absolute Gasteiger partial charge is 0.326 e. The number of rotatable bonds is 6. The average molecular weight is 488 g/mol. The molecule has 0 spiro atoms. The molecule has 33 heavy (non-hydrogen) atoms. The van der Waals surface area contributed by atoms with Gasteiger partial charge in [0.1, 0.15) is 0 Å². The first kappa shape index (κ1) is 22.7. The highest BCUT2D eigenvalue weighted by atomic mass is 32.2. The predicted octanol–water partition coefficient (Wildman–Crippen LogP) is 2.58. The van der Waals surface area contributed by atoms with E-state index in [0.29, 0.717) is 29.9 Å². The number of amides is 1. The van der Waals surface area contributed by atoms with Gasteiger partial charge in [-0.3, -0.25) is 9.52 Å². The Morgan fingerprint density at radius 1 is 0.788 bits per heavy atom. The van der Waals surface area contributed by atoms with Crippen molar-refractivity contribution in [2.45, 2.75) is 36.5 Å². The third-order valence-corrected chi connectivity index (χ3v) is 7.63. The number of carbonyl (C=O) groups is 1. The summed E-state index contributed by atoms with van der Waals surface area (Å²) in [5.41, 5.74) is 2.77. The first-order valence-electron chi connectivity index (χ1n) is 9.93. The molecule has 0 aliphatic carbocycles. The summed E-state index contributed by atoms with van der Waals surface area (Å²) in [6.07, 6.45) is 0.745. The zero-order valence-electron chi connectivity index (χ0n) is 17.8. The van der Waals surface area contributed by atoms with Crippen LogP contribution in [0.5, 0.6) is 0 Å². The number of carbonyl (C=O) groups excluding carboxylic acids is 1. The molecule has 3 aromatic rings. The van der Waals surface area contributed by atoms with Crippen LogP contribution in [0, 0.1) is 13.8 Å². The molecular formula is C21H21N5O5S2. The van der Waals surface area contributed by atoms with Gasteiger partial charge in [0.15, 0.2) is 0 Å². The summed E-state index contributed by atoms with van der Waals surface area (Å²) in [6.45, 7) is 3.46. The van der Waals surface area contributed by atoms with E-state index in [-0.39, 0.29) is 27.3 Å². The fourth-order valence-electron chi connectivity index (χ4n) is 3.39. The number of benzene rings is 2. The minimum Gasteiger partial charge on any atom is -0.326 e. The first-order valence-corrected chi connectivity index (χ1v) is 12.9. The number of hydrogen-bond acceptors (Lipinski definition) is 7. The van der Waals surface area contributed by atoms with E-state index in [1.54, 1.807) is 26.0 Å². The van der Waals surface area contributed by atoms with E-state index in [1.165, 1.54) is 36.4 Å². The van der Waals surface area contributed by atoms with Crippen molar-refractivity contribution < 1.29 is 21.6 Å². The molecule has 172 valence electrons. The van der Waals surface area contributed by atoms with Crippen LogP contribution < -0.4 is 14.8 Å². The zero-order chi connectivity index (χ0) is 23.8. The van der Waals surface area contributed by atoms with Crippen molar-refractivity contribution in [3.05, 3.63) is 65.5 Å². The van der Waals surface area contributed by atoms with Gasteiger partial charge in [0.05, 0.1) is 9.79 Å². The lowest BCUT2D eigenvalue weighted by Crippen LogP contribution is -2.20. The number of anilines is 3. The molecule has 0 unspecified atom stereocenters. The first-order chi connectivity index (χ1) is 15.5. The van der Waals surface area contributed by atoms with Gasteiger partial charge < -0.3 is 5.32 Å². The number of fused-ring (bicyclic) bond motifs is 1. The van der Waals surface area contributed by atoms with Gasteiger partial charge in [0.25, 0.3) is 20.0 Å². The van der Waals surface area contributed by atoms with Crippen LogP contribution in [0.3, 0.4) is 0 Å². The fourth-order valence-corrected chi connectivity index (χ4v) is 5.45. The van der Waals surface area contributed by atoms with Crippen LogP contribution in [0.2, 0.25) is 0 Å². The lowest BCUT2D eigenvalue weighted by Gasteiger charge is -2.18. The zero-order valence-corrected chi connectivity index (χ0v) is 19.4. The van der Waals surface area contributed by atoms with Crippen LogP contribution >= 0.6 is 0 Å². The van der Waals surface area contributed by atoms with Gasteiger partial charge in [0.2, 0.25) is 11.9 Å². The van der Waals surface area contributed by atoms with Crippen LogP contribution in [0.15, 0.2) is 58.3 Å². The molecule has 10 nitrogen and oxygen atoms in total. The van der Waals surface area contributed by atoms with Crippen molar-refractivity contribution in [3.8, 4) is 0 Å². The summed E-state index contributed by atoms with van der Waals surface area (Å²) in [5.74, 6) is -0.147. The lowest BCUT2D eigenvalue weighted by atomic mass is 10.0. The summed E-state index contributed by atoms with van der Waals surface area (Å²) in [4.78, 5) is 19.6.